The molecule has 0 radical (unpaired) electrons. The number of rotatable bonds is 7. The average Bonchev–Trinajstić information content (AvgIpc) is 2.04. The van der Waals surface area contributed by atoms with Gasteiger partial charge in [0.25, 0.3) is 0 Å². The highest BCUT2D eigenvalue weighted by Gasteiger charge is 2.02. The Labute approximate surface area is 76.5 Å². The quantitative estimate of drug-likeness (QED) is 0.639. The smallest absolute Gasteiger partial charge is 0.0503 e. The molecule has 0 aliphatic heterocycles. The van der Waals surface area contributed by atoms with E-state index in [2.05, 4.69) is 20.8 Å². The lowest BCUT2D eigenvalue weighted by molar-refractivity contribution is 0.0794. The Balaban J connectivity index is 3.18. The van der Waals surface area contributed by atoms with Crippen LogP contribution < -0.4 is 5.73 Å². The van der Waals surface area contributed by atoms with Gasteiger partial charge in [0.2, 0.25) is 0 Å². The Hall–Kier alpha value is -0.0800. The summed E-state index contributed by atoms with van der Waals surface area (Å²) in [6.45, 7) is 8.98. The Morgan fingerprint density at radius 1 is 1.17 bits per heavy atom. The maximum absolute atomic E-state index is 5.52. The van der Waals surface area contributed by atoms with Crippen molar-refractivity contribution in [3.05, 3.63) is 0 Å². The number of ether oxygens (including phenoxy) is 1. The molecule has 2 nitrogen and oxygen atoms in total. The summed E-state index contributed by atoms with van der Waals surface area (Å²) in [4.78, 5) is 0. The molecular formula is C10H23NO. The summed E-state index contributed by atoms with van der Waals surface area (Å²) in [5, 5.41) is 0. The highest BCUT2D eigenvalue weighted by Crippen LogP contribution is 2.05. The number of hydrogen-bond donors (Lipinski definition) is 1. The largest absolute Gasteiger partial charge is 0.381 e. The first-order valence-electron chi connectivity index (χ1n) is 4.98. The zero-order valence-corrected chi connectivity index (χ0v) is 8.68. The Bertz CT molecular complexity index is 95.8. The van der Waals surface area contributed by atoms with E-state index in [1.54, 1.807) is 0 Å². The van der Waals surface area contributed by atoms with Crippen molar-refractivity contribution >= 4 is 0 Å². The fraction of sp³-hybridized carbons (Fsp3) is 1.00. The second-order valence-electron chi connectivity index (χ2n) is 3.77. The summed E-state index contributed by atoms with van der Waals surface area (Å²) >= 11 is 0. The van der Waals surface area contributed by atoms with Crippen molar-refractivity contribution in [3.63, 3.8) is 0 Å². The Morgan fingerprint density at radius 2 is 1.75 bits per heavy atom. The molecule has 2 N–H and O–H groups in total. The van der Waals surface area contributed by atoms with Gasteiger partial charge in [-0.15, -0.1) is 0 Å². The van der Waals surface area contributed by atoms with Crippen LogP contribution >= 0.6 is 0 Å². The molecule has 2 unspecified atom stereocenters. The summed E-state index contributed by atoms with van der Waals surface area (Å²) in [6, 6.07) is 0. The van der Waals surface area contributed by atoms with Gasteiger partial charge in [0.1, 0.15) is 0 Å². The van der Waals surface area contributed by atoms with Gasteiger partial charge in [-0.3, -0.25) is 0 Å². The van der Waals surface area contributed by atoms with Crippen LogP contribution in [0.25, 0.3) is 0 Å². The number of hydrogen-bond acceptors (Lipinski definition) is 2. The molecule has 0 aromatic carbocycles. The van der Waals surface area contributed by atoms with E-state index in [-0.39, 0.29) is 0 Å². The monoisotopic (exact) mass is 173 g/mol. The van der Waals surface area contributed by atoms with Crippen molar-refractivity contribution in [3.8, 4) is 0 Å². The molecule has 0 aliphatic carbocycles. The molecule has 0 amide bonds. The van der Waals surface area contributed by atoms with Crippen LogP contribution in [0.5, 0.6) is 0 Å². The van der Waals surface area contributed by atoms with Gasteiger partial charge in [0.15, 0.2) is 0 Å². The molecule has 0 spiro atoms. The molecule has 74 valence electrons. The molecule has 0 aromatic rings. The maximum Gasteiger partial charge on any atom is 0.0503 e. The predicted molar refractivity (Wildman–Crippen MR) is 53.1 cm³/mol. The van der Waals surface area contributed by atoms with Crippen LogP contribution in [0.2, 0.25) is 0 Å². The van der Waals surface area contributed by atoms with Crippen LogP contribution in [0.3, 0.4) is 0 Å². The molecule has 12 heavy (non-hydrogen) atoms. The zero-order chi connectivity index (χ0) is 9.40. The zero-order valence-electron chi connectivity index (χ0n) is 8.68. The second kappa shape index (κ2) is 7.56. The van der Waals surface area contributed by atoms with Crippen molar-refractivity contribution < 1.29 is 4.74 Å². The SMILES string of the molecule is CCCC(C)COCC(C)CN. The lowest BCUT2D eigenvalue weighted by atomic mass is 10.1. The number of nitrogens with two attached hydrogens (primary N) is 1. The van der Waals surface area contributed by atoms with E-state index in [9.17, 15) is 0 Å². The van der Waals surface area contributed by atoms with Gasteiger partial charge in [-0.25, -0.2) is 0 Å². The van der Waals surface area contributed by atoms with Gasteiger partial charge in [-0.2, -0.15) is 0 Å². The molecule has 0 bridgehead atoms. The fourth-order valence-electron chi connectivity index (χ4n) is 1.11. The summed E-state index contributed by atoms with van der Waals surface area (Å²) in [5.74, 6) is 1.19. The molecule has 2 atom stereocenters. The van der Waals surface area contributed by atoms with Gasteiger partial charge in [-0.05, 0) is 24.8 Å². The van der Waals surface area contributed by atoms with Crippen molar-refractivity contribution in [1.82, 2.24) is 0 Å². The second-order valence-corrected chi connectivity index (χ2v) is 3.77. The third-order valence-electron chi connectivity index (χ3n) is 1.99. The van der Waals surface area contributed by atoms with E-state index in [1.165, 1.54) is 12.8 Å². The van der Waals surface area contributed by atoms with Crippen LogP contribution in [-0.2, 0) is 4.74 Å². The minimum absolute atomic E-state index is 0.499. The van der Waals surface area contributed by atoms with Crippen LogP contribution in [0.1, 0.15) is 33.6 Å². The third kappa shape index (κ3) is 6.62. The van der Waals surface area contributed by atoms with E-state index < -0.39 is 0 Å². The van der Waals surface area contributed by atoms with Crippen molar-refractivity contribution in [2.24, 2.45) is 17.6 Å². The predicted octanol–water partition coefficient (Wildman–Crippen LogP) is 2.03. The van der Waals surface area contributed by atoms with Gasteiger partial charge >= 0.3 is 0 Å². The standard InChI is InChI=1S/C10H23NO/c1-4-5-9(2)7-12-8-10(3)6-11/h9-10H,4-8,11H2,1-3H3. The van der Waals surface area contributed by atoms with Gasteiger partial charge in [0, 0.05) is 6.61 Å². The molecule has 0 aromatic heterocycles. The first kappa shape index (κ1) is 11.9. The van der Waals surface area contributed by atoms with Crippen molar-refractivity contribution in [2.45, 2.75) is 33.6 Å². The molecule has 0 fully saturated rings. The van der Waals surface area contributed by atoms with E-state index in [0.717, 1.165) is 19.8 Å². The summed E-state index contributed by atoms with van der Waals surface area (Å²) < 4.78 is 5.52. The molecule has 0 rings (SSSR count). The van der Waals surface area contributed by atoms with E-state index in [1.807, 2.05) is 0 Å². The van der Waals surface area contributed by atoms with Crippen LogP contribution in [0.4, 0.5) is 0 Å². The maximum atomic E-state index is 5.52. The fourth-order valence-corrected chi connectivity index (χ4v) is 1.11. The summed E-state index contributed by atoms with van der Waals surface area (Å²) in [6.07, 6.45) is 2.51. The lowest BCUT2D eigenvalue weighted by Gasteiger charge is -2.13. The first-order valence-corrected chi connectivity index (χ1v) is 4.98. The third-order valence-corrected chi connectivity index (χ3v) is 1.99. The van der Waals surface area contributed by atoms with E-state index >= 15 is 0 Å². The van der Waals surface area contributed by atoms with E-state index in [4.69, 9.17) is 10.5 Å². The Kier molecular flexibility index (Phi) is 7.51. The Morgan fingerprint density at radius 3 is 2.25 bits per heavy atom. The molecule has 2 heteroatoms. The van der Waals surface area contributed by atoms with Gasteiger partial charge in [0.05, 0.1) is 6.61 Å². The molecule has 0 saturated carbocycles. The van der Waals surface area contributed by atoms with Gasteiger partial charge in [-0.1, -0.05) is 27.2 Å². The topological polar surface area (TPSA) is 35.2 Å². The van der Waals surface area contributed by atoms with Gasteiger partial charge < -0.3 is 10.5 Å². The van der Waals surface area contributed by atoms with Crippen molar-refractivity contribution in [1.29, 1.82) is 0 Å². The van der Waals surface area contributed by atoms with Crippen molar-refractivity contribution in [2.75, 3.05) is 19.8 Å². The van der Waals surface area contributed by atoms with E-state index in [0.29, 0.717) is 11.8 Å². The lowest BCUT2D eigenvalue weighted by Crippen LogP contribution is -2.18. The molecule has 0 heterocycles. The minimum Gasteiger partial charge on any atom is -0.381 e. The van der Waals surface area contributed by atoms with Crippen LogP contribution in [0.15, 0.2) is 0 Å². The van der Waals surface area contributed by atoms with Crippen LogP contribution in [0, 0.1) is 11.8 Å². The average molecular weight is 173 g/mol. The first-order chi connectivity index (χ1) is 5.70. The molecular weight excluding hydrogens is 150 g/mol. The highest BCUT2D eigenvalue weighted by atomic mass is 16.5. The normalized spacial score (nSPS) is 16.0. The molecule has 0 aliphatic rings. The molecule has 0 saturated heterocycles. The summed E-state index contributed by atoms with van der Waals surface area (Å²) in [5.41, 5.74) is 5.47. The minimum atomic E-state index is 0.499. The summed E-state index contributed by atoms with van der Waals surface area (Å²) in [7, 11) is 0. The van der Waals surface area contributed by atoms with Crippen LogP contribution in [-0.4, -0.2) is 19.8 Å². The highest BCUT2D eigenvalue weighted by molar-refractivity contribution is 4.53.